The Bertz CT molecular complexity index is 593. The first-order valence-corrected chi connectivity index (χ1v) is 7.87. The molecule has 2 nitrogen and oxygen atoms in total. The van der Waals surface area contributed by atoms with Crippen molar-refractivity contribution in [1.29, 1.82) is 0 Å². The standard InChI is InChI=1S/C15H14O2S2/c1-18-14-7-3-2-6-13(14)17-11-15-12(5-4-9-16)8-10-19-15/h2-3,6-8,10,16H,9,11H2,1H3. The SMILES string of the molecule is CSc1ccccc1OCc1sccc1C#CCO. The van der Waals surface area contributed by atoms with Crippen LogP contribution >= 0.6 is 23.1 Å². The molecule has 0 aliphatic carbocycles. The summed E-state index contributed by atoms with van der Waals surface area (Å²) in [7, 11) is 0. The Morgan fingerprint density at radius 3 is 2.95 bits per heavy atom. The Kier molecular flexibility index (Phi) is 5.34. The average molecular weight is 290 g/mol. The van der Waals surface area contributed by atoms with Gasteiger partial charge in [0.2, 0.25) is 0 Å². The summed E-state index contributed by atoms with van der Waals surface area (Å²) >= 11 is 3.28. The molecule has 0 aliphatic heterocycles. The molecule has 1 heterocycles. The third-order valence-corrected chi connectivity index (χ3v) is 4.15. The molecule has 2 rings (SSSR count). The Morgan fingerprint density at radius 1 is 1.32 bits per heavy atom. The number of thioether (sulfide) groups is 1. The van der Waals surface area contributed by atoms with Gasteiger partial charge in [0.05, 0.1) is 4.88 Å². The molecule has 0 spiro atoms. The van der Waals surface area contributed by atoms with Crippen LogP contribution in [0.3, 0.4) is 0 Å². The Balaban J connectivity index is 2.08. The number of benzene rings is 1. The molecule has 1 N–H and O–H groups in total. The van der Waals surface area contributed by atoms with E-state index in [4.69, 9.17) is 9.84 Å². The highest BCUT2D eigenvalue weighted by atomic mass is 32.2. The third kappa shape index (κ3) is 3.77. The second-order valence-corrected chi connectivity index (χ2v) is 5.51. The van der Waals surface area contributed by atoms with Crippen LogP contribution in [-0.4, -0.2) is 18.0 Å². The van der Waals surface area contributed by atoms with Crippen molar-refractivity contribution >= 4 is 23.1 Å². The van der Waals surface area contributed by atoms with Gasteiger partial charge < -0.3 is 9.84 Å². The second-order valence-electron chi connectivity index (χ2n) is 3.66. The molecule has 2 aromatic rings. The van der Waals surface area contributed by atoms with Gasteiger partial charge in [-0.2, -0.15) is 0 Å². The molecule has 1 aromatic carbocycles. The van der Waals surface area contributed by atoms with Crippen LogP contribution in [0.5, 0.6) is 5.75 Å². The van der Waals surface area contributed by atoms with E-state index in [0.29, 0.717) is 6.61 Å². The van der Waals surface area contributed by atoms with Crippen LogP contribution in [0.2, 0.25) is 0 Å². The van der Waals surface area contributed by atoms with Crippen molar-refractivity contribution in [3.63, 3.8) is 0 Å². The molecule has 4 heteroatoms. The number of hydrogen-bond donors (Lipinski definition) is 1. The summed E-state index contributed by atoms with van der Waals surface area (Å²) in [4.78, 5) is 2.21. The van der Waals surface area contributed by atoms with Gasteiger partial charge in [-0.15, -0.1) is 23.1 Å². The number of para-hydroxylation sites is 1. The monoisotopic (exact) mass is 290 g/mol. The number of hydrogen-bond acceptors (Lipinski definition) is 4. The minimum Gasteiger partial charge on any atom is -0.487 e. The maximum Gasteiger partial charge on any atom is 0.133 e. The van der Waals surface area contributed by atoms with E-state index < -0.39 is 0 Å². The van der Waals surface area contributed by atoms with E-state index in [1.54, 1.807) is 23.1 Å². The van der Waals surface area contributed by atoms with Gasteiger partial charge in [0.25, 0.3) is 0 Å². The van der Waals surface area contributed by atoms with E-state index in [1.807, 2.05) is 42.0 Å². The van der Waals surface area contributed by atoms with E-state index in [-0.39, 0.29) is 6.61 Å². The van der Waals surface area contributed by atoms with Crippen LogP contribution in [-0.2, 0) is 6.61 Å². The van der Waals surface area contributed by atoms with Crippen LogP contribution in [0.1, 0.15) is 10.4 Å². The molecule has 0 aliphatic rings. The zero-order valence-corrected chi connectivity index (χ0v) is 12.2. The van der Waals surface area contributed by atoms with Crippen molar-refractivity contribution in [2.24, 2.45) is 0 Å². The Labute approximate surface area is 121 Å². The molecular formula is C15H14O2S2. The molecule has 19 heavy (non-hydrogen) atoms. The Morgan fingerprint density at radius 2 is 2.16 bits per heavy atom. The minimum atomic E-state index is -0.120. The van der Waals surface area contributed by atoms with Crippen molar-refractivity contribution in [2.45, 2.75) is 11.5 Å². The zero-order valence-electron chi connectivity index (χ0n) is 10.6. The summed E-state index contributed by atoms with van der Waals surface area (Å²) in [5.41, 5.74) is 0.931. The second kappa shape index (κ2) is 7.25. The predicted octanol–water partition coefficient (Wildman–Crippen LogP) is 3.39. The van der Waals surface area contributed by atoms with E-state index in [0.717, 1.165) is 21.1 Å². The Hall–Kier alpha value is -1.41. The molecule has 0 saturated heterocycles. The van der Waals surface area contributed by atoms with E-state index in [9.17, 15) is 0 Å². The first-order valence-electron chi connectivity index (χ1n) is 5.77. The van der Waals surface area contributed by atoms with Gasteiger partial charge in [-0.25, -0.2) is 0 Å². The van der Waals surface area contributed by atoms with Crippen LogP contribution in [0, 0.1) is 11.8 Å². The van der Waals surface area contributed by atoms with Gasteiger partial charge in [-0.05, 0) is 29.8 Å². The fraction of sp³-hybridized carbons (Fsp3) is 0.200. The summed E-state index contributed by atoms with van der Waals surface area (Å²) < 4.78 is 5.85. The lowest BCUT2D eigenvalue weighted by atomic mass is 10.2. The number of rotatable bonds is 4. The molecule has 0 unspecified atom stereocenters. The highest BCUT2D eigenvalue weighted by molar-refractivity contribution is 7.98. The van der Waals surface area contributed by atoms with Crippen LogP contribution in [0.25, 0.3) is 0 Å². The largest absolute Gasteiger partial charge is 0.487 e. The summed E-state index contributed by atoms with van der Waals surface area (Å²) in [6.45, 7) is 0.385. The van der Waals surface area contributed by atoms with Crippen LogP contribution in [0.4, 0.5) is 0 Å². The van der Waals surface area contributed by atoms with Crippen molar-refractivity contribution in [2.75, 3.05) is 12.9 Å². The minimum absolute atomic E-state index is 0.120. The lowest BCUT2D eigenvalue weighted by Crippen LogP contribution is -1.96. The maximum atomic E-state index is 8.73. The molecular weight excluding hydrogens is 276 g/mol. The molecule has 0 amide bonds. The van der Waals surface area contributed by atoms with Gasteiger partial charge in [0.1, 0.15) is 19.0 Å². The van der Waals surface area contributed by atoms with Gasteiger partial charge in [-0.1, -0.05) is 24.0 Å². The van der Waals surface area contributed by atoms with Gasteiger partial charge in [0, 0.05) is 10.5 Å². The summed E-state index contributed by atoms with van der Waals surface area (Å²) in [6.07, 6.45) is 2.03. The fourth-order valence-corrected chi connectivity index (χ4v) is 2.86. The first-order chi connectivity index (χ1) is 9.35. The van der Waals surface area contributed by atoms with Crippen molar-refractivity contribution in [3.8, 4) is 17.6 Å². The molecule has 98 valence electrons. The van der Waals surface area contributed by atoms with Crippen molar-refractivity contribution in [1.82, 2.24) is 0 Å². The smallest absolute Gasteiger partial charge is 0.133 e. The molecule has 0 bridgehead atoms. The molecule has 1 aromatic heterocycles. The van der Waals surface area contributed by atoms with E-state index in [1.165, 1.54) is 0 Å². The normalized spacial score (nSPS) is 9.79. The van der Waals surface area contributed by atoms with E-state index >= 15 is 0 Å². The predicted molar refractivity (Wildman–Crippen MR) is 80.8 cm³/mol. The van der Waals surface area contributed by atoms with Crippen LogP contribution in [0.15, 0.2) is 40.6 Å². The molecule has 0 radical (unpaired) electrons. The number of aliphatic hydroxyl groups is 1. The highest BCUT2D eigenvalue weighted by Gasteiger charge is 2.05. The van der Waals surface area contributed by atoms with Crippen molar-refractivity contribution < 1.29 is 9.84 Å². The number of ether oxygens (including phenoxy) is 1. The number of aliphatic hydroxyl groups excluding tert-OH is 1. The maximum absolute atomic E-state index is 8.73. The highest BCUT2D eigenvalue weighted by Crippen LogP contribution is 2.28. The molecule has 0 fully saturated rings. The molecule has 0 saturated carbocycles. The lowest BCUT2D eigenvalue weighted by molar-refractivity contribution is 0.302. The van der Waals surface area contributed by atoms with Crippen LogP contribution < -0.4 is 4.74 Å². The zero-order chi connectivity index (χ0) is 13.5. The quantitative estimate of drug-likeness (QED) is 0.691. The summed E-state index contributed by atoms with van der Waals surface area (Å²) in [5, 5.41) is 10.7. The summed E-state index contributed by atoms with van der Waals surface area (Å²) in [5.74, 6) is 6.49. The van der Waals surface area contributed by atoms with Gasteiger partial charge in [-0.3, -0.25) is 0 Å². The average Bonchev–Trinajstić information content (AvgIpc) is 2.90. The first kappa shape index (κ1) is 14.0. The summed E-state index contributed by atoms with van der Waals surface area (Å²) in [6, 6.07) is 9.93. The topological polar surface area (TPSA) is 29.5 Å². The third-order valence-electron chi connectivity index (χ3n) is 2.48. The number of thiophene rings is 1. The van der Waals surface area contributed by atoms with Gasteiger partial charge >= 0.3 is 0 Å². The lowest BCUT2D eigenvalue weighted by Gasteiger charge is -2.09. The van der Waals surface area contributed by atoms with E-state index in [2.05, 4.69) is 11.8 Å². The fourth-order valence-electron chi connectivity index (χ4n) is 1.58. The van der Waals surface area contributed by atoms with Crippen molar-refractivity contribution in [3.05, 3.63) is 46.2 Å². The molecule has 0 atom stereocenters. The van der Waals surface area contributed by atoms with Gasteiger partial charge in [0.15, 0.2) is 0 Å².